The van der Waals surface area contributed by atoms with E-state index in [1.807, 2.05) is 0 Å². The molecule has 0 atom stereocenters. The minimum atomic E-state index is -0.230. The molecule has 2 nitrogen and oxygen atoms in total. The van der Waals surface area contributed by atoms with Gasteiger partial charge in [-0.05, 0) is 12.1 Å². The third-order valence-corrected chi connectivity index (χ3v) is 7.14. The topological polar surface area (TPSA) is 37.3 Å². The van der Waals surface area contributed by atoms with Crippen LogP contribution in [0.5, 0.6) is 5.75 Å². The van der Waals surface area contributed by atoms with E-state index in [0.717, 1.165) is 0 Å². The van der Waals surface area contributed by atoms with Gasteiger partial charge in [-0.1, -0.05) is 23.2 Å². The van der Waals surface area contributed by atoms with Gasteiger partial charge in [0.1, 0.15) is 5.75 Å². The zero-order valence-corrected chi connectivity index (χ0v) is 16.5. The van der Waals surface area contributed by atoms with Crippen LogP contribution >= 0.6 is 23.2 Å². The van der Waals surface area contributed by atoms with E-state index < -0.39 is 0 Å². The molecule has 0 aromatic heterocycles. The Morgan fingerprint density at radius 2 is 1.70 bits per heavy atom. The molecule has 0 saturated carbocycles. The van der Waals surface area contributed by atoms with Crippen molar-refractivity contribution < 1.29 is 9.90 Å². The molecule has 1 aromatic carbocycles. The predicted molar refractivity (Wildman–Crippen MR) is 88.7 cm³/mol. The monoisotopic (exact) mass is 424 g/mol. The van der Waals surface area contributed by atoms with Crippen molar-refractivity contribution in [2.24, 2.45) is 0 Å². The van der Waals surface area contributed by atoms with Crippen LogP contribution in [0.4, 0.5) is 0 Å². The van der Waals surface area contributed by atoms with Gasteiger partial charge in [0.25, 0.3) is 0 Å². The standard InChI is InChI=1S/C7H4Cl2O2.2C4H9.Sn/c8-5-1-4(3-10)7(11)6(9)2-5;2*1-3-4-2;/h1-3,11H;2*1,3-4H2,2H3;. The second-order valence-electron chi connectivity index (χ2n) is 4.40. The van der Waals surface area contributed by atoms with Gasteiger partial charge in [0.2, 0.25) is 0 Å². The van der Waals surface area contributed by atoms with E-state index in [1.165, 1.54) is 37.8 Å². The molecule has 0 aliphatic carbocycles. The Morgan fingerprint density at radius 3 is 2.15 bits per heavy atom. The smallest absolute Gasteiger partial charge is 0.153 e. The molecular weight excluding hydrogens is 402 g/mol. The number of phenols is 1. The first-order chi connectivity index (χ1) is 9.56. The fourth-order valence-corrected chi connectivity index (χ4v) is 6.07. The molecule has 0 bridgehead atoms. The normalized spacial score (nSPS) is 9.80. The van der Waals surface area contributed by atoms with Crippen LogP contribution in [-0.2, 0) is 0 Å². The Labute approximate surface area is 142 Å². The van der Waals surface area contributed by atoms with E-state index in [0.29, 0.717) is 11.3 Å². The molecule has 112 valence electrons. The van der Waals surface area contributed by atoms with Gasteiger partial charge in [0.15, 0.2) is 6.29 Å². The fraction of sp³-hybridized carbons (Fsp3) is 0.533. The van der Waals surface area contributed by atoms with E-state index in [9.17, 15) is 4.79 Å². The molecule has 2 radical (unpaired) electrons. The molecule has 0 heterocycles. The summed E-state index contributed by atoms with van der Waals surface area (Å²) in [5.74, 6) is -0.230. The molecule has 1 N–H and O–H groups in total. The van der Waals surface area contributed by atoms with Crippen LogP contribution < -0.4 is 0 Å². The number of carbonyl (C=O) groups excluding carboxylic acids is 1. The number of carbonyl (C=O) groups is 1. The van der Waals surface area contributed by atoms with Crippen LogP contribution in [0.2, 0.25) is 18.9 Å². The number of halogens is 2. The molecule has 0 saturated heterocycles. The maximum absolute atomic E-state index is 10.3. The van der Waals surface area contributed by atoms with Crippen LogP contribution in [0.3, 0.4) is 0 Å². The fourth-order valence-electron chi connectivity index (χ4n) is 1.40. The molecule has 0 spiro atoms. The minimum absolute atomic E-state index is 0.0830. The molecule has 0 amide bonds. The quantitative estimate of drug-likeness (QED) is 0.350. The number of aromatic hydroxyl groups is 1. The molecule has 0 fully saturated rings. The van der Waals surface area contributed by atoms with E-state index in [1.54, 1.807) is 8.87 Å². The van der Waals surface area contributed by atoms with E-state index in [4.69, 9.17) is 28.3 Å². The van der Waals surface area contributed by atoms with Crippen molar-refractivity contribution in [2.45, 2.75) is 48.4 Å². The van der Waals surface area contributed by atoms with Crippen molar-refractivity contribution in [3.63, 3.8) is 0 Å². The van der Waals surface area contributed by atoms with Gasteiger partial charge in [-0.3, -0.25) is 4.79 Å². The van der Waals surface area contributed by atoms with Crippen LogP contribution in [0, 0.1) is 0 Å². The summed E-state index contributed by atoms with van der Waals surface area (Å²) in [5, 5.41) is 9.51. The zero-order valence-electron chi connectivity index (χ0n) is 12.1. The Hall–Kier alpha value is 0.0687. The number of benzene rings is 1. The molecule has 5 heteroatoms. The number of hydrogen-bond acceptors (Lipinski definition) is 2. The summed E-state index contributed by atoms with van der Waals surface area (Å²) in [6, 6.07) is 2.71. The van der Waals surface area contributed by atoms with Crippen LogP contribution in [0.25, 0.3) is 0 Å². The second-order valence-corrected chi connectivity index (χ2v) is 9.53. The average Bonchev–Trinajstić information content (AvgIpc) is 2.43. The maximum Gasteiger partial charge on any atom is 0.153 e. The van der Waals surface area contributed by atoms with E-state index in [-0.39, 0.29) is 37.5 Å². The second kappa shape index (κ2) is 12.8. The zero-order chi connectivity index (χ0) is 15.4. The van der Waals surface area contributed by atoms with Gasteiger partial charge in [0, 0.05) is 5.02 Å². The molecular formula is C15H22Cl2O2Sn. The molecule has 20 heavy (non-hydrogen) atoms. The molecule has 0 aliphatic rings. The number of hydrogen-bond donors (Lipinski definition) is 1. The summed E-state index contributed by atoms with van der Waals surface area (Å²) >= 11 is 11.2. The summed E-state index contributed by atoms with van der Waals surface area (Å²) < 4.78 is 3.25. The van der Waals surface area contributed by atoms with Gasteiger partial charge in [-0.25, -0.2) is 0 Å². The molecule has 0 unspecified atom stereocenters. The van der Waals surface area contributed by atoms with Gasteiger partial charge in [0.05, 0.1) is 10.6 Å². The van der Waals surface area contributed by atoms with Gasteiger partial charge >= 0.3 is 69.5 Å². The van der Waals surface area contributed by atoms with Crippen molar-refractivity contribution in [2.75, 3.05) is 0 Å². The first-order valence-electron chi connectivity index (χ1n) is 6.90. The summed E-state index contributed by atoms with van der Waals surface area (Å²) in [7, 11) is 0. The van der Waals surface area contributed by atoms with Crippen molar-refractivity contribution >= 4 is 50.6 Å². The maximum atomic E-state index is 10.3. The van der Waals surface area contributed by atoms with Crippen molar-refractivity contribution in [3.8, 4) is 5.75 Å². The Morgan fingerprint density at radius 1 is 1.15 bits per heavy atom. The van der Waals surface area contributed by atoms with Crippen LogP contribution in [0.1, 0.15) is 49.9 Å². The Bertz CT molecular complexity index is 392. The van der Waals surface area contributed by atoms with Gasteiger partial charge in [-0.2, -0.15) is 0 Å². The van der Waals surface area contributed by atoms with E-state index >= 15 is 0 Å². The van der Waals surface area contributed by atoms with Crippen molar-refractivity contribution in [1.29, 1.82) is 0 Å². The SMILES string of the molecule is CCC[CH2][Sn][CH2]CCC.O=Cc1cc(Cl)cc(Cl)c1O. The third kappa shape index (κ3) is 9.09. The van der Waals surface area contributed by atoms with Crippen LogP contribution in [-0.4, -0.2) is 32.5 Å². The minimum Gasteiger partial charge on any atom is -0.506 e. The third-order valence-electron chi connectivity index (χ3n) is 2.60. The first-order valence-corrected chi connectivity index (χ1v) is 11.7. The Kier molecular flexibility index (Phi) is 12.8. The molecule has 0 aliphatic heterocycles. The summed E-state index contributed by atoms with van der Waals surface area (Å²) in [5.41, 5.74) is 0.0995. The van der Waals surface area contributed by atoms with Crippen LogP contribution in [0.15, 0.2) is 12.1 Å². The largest absolute Gasteiger partial charge is 0.506 e. The van der Waals surface area contributed by atoms with E-state index in [2.05, 4.69) is 13.8 Å². The number of rotatable bonds is 7. The average molecular weight is 424 g/mol. The summed E-state index contributed by atoms with van der Waals surface area (Å²) in [6.07, 6.45) is 6.33. The Balaban J connectivity index is 0.000000370. The summed E-state index contributed by atoms with van der Waals surface area (Å²) in [4.78, 5) is 10.3. The number of phenolic OH excluding ortho intramolecular Hbond substituents is 1. The summed E-state index contributed by atoms with van der Waals surface area (Å²) in [6.45, 7) is 4.58. The predicted octanol–water partition coefficient (Wildman–Crippen LogP) is 5.64. The number of aldehydes is 1. The van der Waals surface area contributed by atoms with Gasteiger partial charge < -0.3 is 5.11 Å². The van der Waals surface area contributed by atoms with Gasteiger partial charge in [-0.15, -0.1) is 0 Å². The van der Waals surface area contributed by atoms with Crippen molar-refractivity contribution in [1.82, 2.24) is 0 Å². The molecule has 1 rings (SSSR count). The number of unbranched alkanes of at least 4 members (excludes halogenated alkanes) is 2. The van der Waals surface area contributed by atoms with Crippen molar-refractivity contribution in [3.05, 3.63) is 27.7 Å². The molecule has 1 aromatic rings. The first kappa shape index (κ1) is 20.1.